The van der Waals surface area contributed by atoms with Gasteiger partial charge in [0.25, 0.3) is 0 Å². The van der Waals surface area contributed by atoms with Crippen LogP contribution < -0.4 is 0 Å². The normalized spacial score (nSPS) is 13.8. The number of carbonyl (C=O) groups excluding carboxylic acids is 1. The first kappa shape index (κ1) is 23.8. The van der Waals surface area contributed by atoms with Gasteiger partial charge in [-0.1, -0.05) is 36.4 Å². The molecule has 0 aliphatic heterocycles. The minimum atomic E-state index is -1.08. The number of pyridine rings is 1. The number of hydrogen-bond acceptors (Lipinski definition) is 6. The first-order valence-electron chi connectivity index (χ1n) is 9.76. The zero-order valence-corrected chi connectivity index (χ0v) is 17.5. The SMILES string of the molecule is CN(C)CCOC(=O)C1c2ccccc2C=Cc2ncccc21.O=C(O)CCC(=O)O. The highest BCUT2D eigenvalue weighted by molar-refractivity contribution is 5.88. The molecule has 31 heavy (non-hydrogen) atoms. The van der Waals surface area contributed by atoms with Gasteiger partial charge in [0.2, 0.25) is 0 Å². The summed E-state index contributed by atoms with van der Waals surface area (Å²) in [6, 6.07) is 11.7. The molecule has 1 aliphatic rings. The van der Waals surface area contributed by atoms with E-state index in [1.54, 1.807) is 6.20 Å². The fourth-order valence-electron chi connectivity index (χ4n) is 2.96. The molecule has 2 aromatic rings. The largest absolute Gasteiger partial charge is 0.481 e. The van der Waals surface area contributed by atoms with Gasteiger partial charge in [0.1, 0.15) is 12.5 Å². The number of hydrogen-bond donors (Lipinski definition) is 2. The first-order chi connectivity index (χ1) is 14.8. The first-order valence-corrected chi connectivity index (χ1v) is 9.76. The van der Waals surface area contributed by atoms with Gasteiger partial charge in [-0.25, -0.2) is 0 Å². The van der Waals surface area contributed by atoms with E-state index in [9.17, 15) is 14.4 Å². The van der Waals surface area contributed by atoms with Crippen LogP contribution in [0.15, 0.2) is 42.6 Å². The van der Waals surface area contributed by atoms with Crippen molar-refractivity contribution >= 4 is 30.1 Å². The third-order valence-electron chi connectivity index (χ3n) is 4.48. The van der Waals surface area contributed by atoms with Crippen molar-refractivity contribution in [2.24, 2.45) is 0 Å². The molecular formula is C23H26N2O6. The zero-order valence-electron chi connectivity index (χ0n) is 17.5. The Kier molecular flexibility index (Phi) is 8.90. The number of benzene rings is 1. The summed E-state index contributed by atoms with van der Waals surface area (Å²) in [7, 11) is 3.91. The molecule has 2 N–H and O–H groups in total. The Morgan fingerprint density at radius 1 is 0.968 bits per heavy atom. The van der Waals surface area contributed by atoms with Gasteiger partial charge in [-0.3, -0.25) is 19.4 Å². The summed E-state index contributed by atoms with van der Waals surface area (Å²) >= 11 is 0. The smallest absolute Gasteiger partial charge is 0.318 e. The van der Waals surface area contributed by atoms with E-state index < -0.39 is 17.9 Å². The third kappa shape index (κ3) is 7.35. The maximum Gasteiger partial charge on any atom is 0.318 e. The van der Waals surface area contributed by atoms with E-state index in [4.69, 9.17) is 14.9 Å². The topological polar surface area (TPSA) is 117 Å². The van der Waals surface area contributed by atoms with E-state index in [1.165, 1.54) is 0 Å². The minimum absolute atomic E-state index is 0.225. The molecule has 0 bridgehead atoms. The Morgan fingerprint density at radius 2 is 1.61 bits per heavy atom. The molecular weight excluding hydrogens is 400 g/mol. The van der Waals surface area contributed by atoms with E-state index >= 15 is 0 Å². The summed E-state index contributed by atoms with van der Waals surface area (Å²) < 4.78 is 5.53. The number of carboxylic acid groups (broad SMARTS) is 2. The Balaban J connectivity index is 0.000000366. The van der Waals surface area contributed by atoms with Crippen LogP contribution in [0.4, 0.5) is 0 Å². The molecule has 0 fully saturated rings. The quantitative estimate of drug-likeness (QED) is 0.649. The number of rotatable bonds is 7. The molecule has 8 heteroatoms. The number of aliphatic carboxylic acids is 2. The van der Waals surface area contributed by atoms with Gasteiger partial charge >= 0.3 is 17.9 Å². The molecule has 1 unspecified atom stereocenters. The molecule has 1 aliphatic carbocycles. The Labute approximate surface area is 180 Å². The van der Waals surface area contributed by atoms with Gasteiger partial charge in [-0.05, 0) is 42.9 Å². The number of likely N-dealkylation sites (N-methyl/N-ethyl adjacent to an activating group) is 1. The summed E-state index contributed by atoms with van der Waals surface area (Å²) in [5.74, 6) is -2.82. The van der Waals surface area contributed by atoms with Crippen molar-refractivity contribution < 1.29 is 29.3 Å². The third-order valence-corrected chi connectivity index (χ3v) is 4.48. The van der Waals surface area contributed by atoms with Gasteiger partial charge in [-0.15, -0.1) is 0 Å². The number of nitrogens with zero attached hydrogens (tertiary/aromatic N) is 2. The molecule has 164 valence electrons. The van der Waals surface area contributed by atoms with E-state index in [2.05, 4.69) is 4.98 Å². The highest BCUT2D eigenvalue weighted by Crippen LogP contribution is 2.34. The predicted octanol–water partition coefficient (Wildman–Crippen LogP) is 2.74. The zero-order chi connectivity index (χ0) is 22.8. The second-order valence-electron chi connectivity index (χ2n) is 7.13. The van der Waals surface area contributed by atoms with Crippen molar-refractivity contribution in [3.05, 3.63) is 65.0 Å². The van der Waals surface area contributed by atoms with Crippen molar-refractivity contribution in [2.45, 2.75) is 18.8 Å². The second-order valence-corrected chi connectivity index (χ2v) is 7.13. The maximum atomic E-state index is 12.8. The fraction of sp³-hybridized carbons (Fsp3) is 0.304. The Hall–Kier alpha value is -3.52. The van der Waals surface area contributed by atoms with E-state index in [1.807, 2.05) is 67.5 Å². The molecule has 1 aromatic carbocycles. The molecule has 0 saturated heterocycles. The molecule has 1 heterocycles. The van der Waals surface area contributed by atoms with Crippen LogP contribution in [-0.2, 0) is 19.1 Å². The van der Waals surface area contributed by atoms with Crippen molar-refractivity contribution in [1.82, 2.24) is 9.88 Å². The lowest BCUT2D eigenvalue weighted by Crippen LogP contribution is -2.24. The molecule has 1 aromatic heterocycles. The second kappa shape index (κ2) is 11.6. The van der Waals surface area contributed by atoms with Crippen LogP contribution in [0.2, 0.25) is 0 Å². The number of aromatic nitrogens is 1. The average molecular weight is 426 g/mol. The predicted molar refractivity (Wildman–Crippen MR) is 115 cm³/mol. The van der Waals surface area contributed by atoms with Crippen LogP contribution in [0.3, 0.4) is 0 Å². The van der Waals surface area contributed by atoms with E-state index in [0.29, 0.717) is 13.2 Å². The minimum Gasteiger partial charge on any atom is -0.481 e. The van der Waals surface area contributed by atoms with Gasteiger partial charge in [0.05, 0.1) is 18.5 Å². The summed E-state index contributed by atoms with van der Waals surface area (Å²) in [5, 5.41) is 15.8. The molecule has 8 nitrogen and oxygen atoms in total. The standard InChI is InChI=1S/C19H20N2O2.C4H6O4/c1-21(2)12-13-23-19(22)18-15-7-4-3-6-14(15)9-10-17-16(18)8-5-11-20-17;5-3(6)1-2-4(7)8/h3-11,18H,12-13H2,1-2H3;1-2H2,(H,5,6)(H,7,8). The van der Waals surface area contributed by atoms with Gasteiger partial charge in [0, 0.05) is 12.7 Å². The lowest BCUT2D eigenvalue weighted by Gasteiger charge is -2.19. The van der Waals surface area contributed by atoms with Crippen molar-refractivity contribution in [2.75, 3.05) is 27.2 Å². The van der Waals surface area contributed by atoms with E-state index in [-0.39, 0.29) is 18.8 Å². The number of ether oxygens (including phenoxy) is 1. The van der Waals surface area contributed by atoms with Crippen molar-refractivity contribution in [1.29, 1.82) is 0 Å². The Bertz CT molecular complexity index is 891. The molecule has 0 amide bonds. The molecule has 1 atom stereocenters. The monoisotopic (exact) mass is 426 g/mol. The lowest BCUT2D eigenvalue weighted by atomic mass is 9.89. The number of carbonyl (C=O) groups is 3. The highest BCUT2D eigenvalue weighted by Gasteiger charge is 2.29. The van der Waals surface area contributed by atoms with Crippen LogP contribution in [0.1, 0.15) is 41.1 Å². The molecule has 3 rings (SSSR count). The number of fused-ring (bicyclic) bond motifs is 2. The maximum absolute atomic E-state index is 12.8. The number of carboxylic acids is 2. The Morgan fingerprint density at radius 3 is 2.26 bits per heavy atom. The summed E-state index contributed by atoms with van der Waals surface area (Å²) in [6.45, 7) is 1.09. The van der Waals surface area contributed by atoms with Gasteiger partial charge in [-0.2, -0.15) is 0 Å². The van der Waals surface area contributed by atoms with Crippen molar-refractivity contribution in [3.8, 4) is 0 Å². The van der Waals surface area contributed by atoms with E-state index in [0.717, 1.165) is 22.4 Å². The van der Waals surface area contributed by atoms with Crippen molar-refractivity contribution in [3.63, 3.8) is 0 Å². The van der Waals surface area contributed by atoms with Crippen LogP contribution in [0.25, 0.3) is 12.2 Å². The summed E-state index contributed by atoms with van der Waals surface area (Å²) in [4.78, 5) is 38.4. The lowest BCUT2D eigenvalue weighted by molar-refractivity contribution is -0.144. The van der Waals surface area contributed by atoms with Crippen LogP contribution >= 0.6 is 0 Å². The van der Waals surface area contributed by atoms with Gasteiger partial charge in [0.15, 0.2) is 0 Å². The number of esters is 1. The fourth-order valence-corrected chi connectivity index (χ4v) is 2.96. The molecule has 0 saturated carbocycles. The average Bonchev–Trinajstić information content (AvgIpc) is 2.89. The van der Waals surface area contributed by atoms with Gasteiger partial charge < -0.3 is 19.8 Å². The van der Waals surface area contributed by atoms with Crippen LogP contribution in [-0.4, -0.2) is 65.3 Å². The van der Waals surface area contributed by atoms with Crippen LogP contribution in [0.5, 0.6) is 0 Å². The summed E-state index contributed by atoms with van der Waals surface area (Å²) in [6.07, 6.45) is 5.12. The summed E-state index contributed by atoms with van der Waals surface area (Å²) in [5.41, 5.74) is 3.70. The highest BCUT2D eigenvalue weighted by atomic mass is 16.5. The molecule has 0 spiro atoms. The van der Waals surface area contributed by atoms with Crippen LogP contribution in [0, 0.1) is 0 Å². The molecule has 0 radical (unpaired) electrons.